The molecule has 266 valence electrons. The van der Waals surface area contributed by atoms with E-state index in [2.05, 4.69) is 31.2 Å². The van der Waals surface area contributed by atoms with Gasteiger partial charge in [0.05, 0.1) is 0 Å². The van der Waals surface area contributed by atoms with Crippen LogP contribution in [0.25, 0.3) is 0 Å². The van der Waals surface area contributed by atoms with Crippen LogP contribution in [0.15, 0.2) is 51.7 Å². The fourth-order valence-electron chi connectivity index (χ4n) is 6.60. The number of oxazole rings is 2. The molecular formula is C35H43N7O8. The monoisotopic (exact) mass is 689 g/mol. The van der Waals surface area contributed by atoms with Crippen molar-refractivity contribution >= 4 is 29.5 Å². The second-order valence-corrected chi connectivity index (χ2v) is 13.6. The van der Waals surface area contributed by atoms with E-state index in [0.717, 1.165) is 5.56 Å². The van der Waals surface area contributed by atoms with Crippen LogP contribution < -0.4 is 21.3 Å². The van der Waals surface area contributed by atoms with Gasteiger partial charge in [0.1, 0.15) is 36.7 Å². The maximum atomic E-state index is 14.2. The van der Waals surface area contributed by atoms with E-state index < -0.39 is 53.8 Å². The summed E-state index contributed by atoms with van der Waals surface area (Å²) in [7, 11) is 0. The maximum absolute atomic E-state index is 14.2. The Balaban J connectivity index is 1.34. The highest BCUT2D eigenvalue weighted by atomic mass is 16.5. The summed E-state index contributed by atoms with van der Waals surface area (Å²) in [5.41, 5.74) is 0.749. The number of aromatic nitrogens is 2. The van der Waals surface area contributed by atoms with Crippen LogP contribution in [0.4, 0.5) is 0 Å². The van der Waals surface area contributed by atoms with Crippen LogP contribution in [0.2, 0.25) is 0 Å². The number of benzene rings is 1. The molecule has 0 unspecified atom stereocenters. The molecule has 3 aliphatic rings. The van der Waals surface area contributed by atoms with Gasteiger partial charge in [-0.2, -0.15) is 0 Å². The van der Waals surface area contributed by atoms with Gasteiger partial charge in [0.2, 0.25) is 29.5 Å². The molecule has 0 spiro atoms. The molecule has 3 aromatic rings. The zero-order chi connectivity index (χ0) is 35.4. The second kappa shape index (κ2) is 15.2. The Morgan fingerprint density at radius 3 is 2.36 bits per heavy atom. The lowest BCUT2D eigenvalue weighted by molar-refractivity contribution is -0.129. The molecule has 2 aromatic heterocycles. The van der Waals surface area contributed by atoms with E-state index in [1.807, 2.05) is 44.2 Å². The van der Waals surface area contributed by atoms with Crippen molar-refractivity contribution in [3.05, 3.63) is 71.6 Å². The lowest BCUT2D eigenvalue weighted by atomic mass is 9.99. The summed E-state index contributed by atoms with van der Waals surface area (Å²) < 4.78 is 16.8. The SMILES string of the molecule is CC(C)C[C@H]1NC(=O)c2coc(n2)[C@H](Cc2ccccc2)NC(=O)[C@@H]2C[C@H](NC(=O)C3CCOCC3)CN2C(=O)c2coc(n2)[C@@H](C)NC1=O. The molecule has 5 heterocycles. The van der Waals surface area contributed by atoms with E-state index in [1.165, 1.54) is 17.4 Å². The highest BCUT2D eigenvalue weighted by molar-refractivity contribution is 5.97. The number of carbonyl (C=O) groups is 5. The topological polar surface area (TPSA) is 198 Å². The molecule has 1 aromatic carbocycles. The third-order valence-electron chi connectivity index (χ3n) is 9.25. The van der Waals surface area contributed by atoms with Crippen molar-refractivity contribution in [2.24, 2.45) is 11.8 Å². The number of nitrogens with zero attached hydrogens (tertiary/aromatic N) is 3. The van der Waals surface area contributed by atoms with Gasteiger partial charge in [0.25, 0.3) is 11.8 Å². The summed E-state index contributed by atoms with van der Waals surface area (Å²) in [4.78, 5) is 78.4. The number of fused-ring (bicyclic) bond motifs is 5. The van der Waals surface area contributed by atoms with Crippen LogP contribution in [0, 0.1) is 11.8 Å². The minimum Gasteiger partial charge on any atom is -0.446 e. The number of hydrogen-bond acceptors (Lipinski definition) is 10. The first kappa shape index (κ1) is 34.8. The summed E-state index contributed by atoms with van der Waals surface area (Å²) >= 11 is 0. The third-order valence-corrected chi connectivity index (χ3v) is 9.25. The largest absolute Gasteiger partial charge is 0.446 e. The van der Waals surface area contributed by atoms with E-state index in [0.29, 0.717) is 32.5 Å². The van der Waals surface area contributed by atoms with Gasteiger partial charge in [0, 0.05) is 38.1 Å². The summed E-state index contributed by atoms with van der Waals surface area (Å²) in [5, 5.41) is 11.6. The first-order valence-corrected chi connectivity index (χ1v) is 17.1. The van der Waals surface area contributed by atoms with E-state index in [4.69, 9.17) is 13.6 Å². The van der Waals surface area contributed by atoms with Crippen LogP contribution in [0.1, 0.15) is 96.9 Å². The lowest BCUT2D eigenvalue weighted by Gasteiger charge is -2.25. The Bertz CT molecular complexity index is 1700. The van der Waals surface area contributed by atoms with Crippen LogP contribution in [0.5, 0.6) is 0 Å². The van der Waals surface area contributed by atoms with Crippen molar-refractivity contribution in [3.8, 4) is 0 Å². The average molecular weight is 690 g/mol. The molecule has 0 aliphatic carbocycles. The van der Waals surface area contributed by atoms with Gasteiger partial charge in [-0.05, 0) is 44.1 Å². The van der Waals surface area contributed by atoms with Gasteiger partial charge in [0.15, 0.2) is 11.4 Å². The standard InChI is InChI=1S/C35H43N7O8/c1-19(2)13-24-30(44)36-20(3)33-41-27(18-49-33)35(47)42-16-23(37-29(43)22-9-11-48-12-10-22)15-28(42)32(46)39-25(14-21-7-5-4-6-8-21)34-40-26(17-50-34)31(45)38-24/h4-8,17-20,22-25,28H,9-16H2,1-3H3,(H,36,44)(H,37,43)(H,38,45)(H,39,46)/t20-,23+,24-,25+,28+/m1/s1. The zero-order valence-electron chi connectivity index (χ0n) is 28.3. The van der Waals surface area contributed by atoms with E-state index in [-0.39, 0.29) is 60.3 Å². The second-order valence-electron chi connectivity index (χ2n) is 13.6. The van der Waals surface area contributed by atoms with Crippen LogP contribution in [-0.2, 0) is 25.5 Å². The van der Waals surface area contributed by atoms with Crippen molar-refractivity contribution in [1.82, 2.24) is 36.1 Å². The predicted octanol–water partition coefficient (Wildman–Crippen LogP) is 2.22. The molecule has 50 heavy (non-hydrogen) atoms. The minimum atomic E-state index is -0.994. The van der Waals surface area contributed by atoms with Gasteiger partial charge in [-0.15, -0.1) is 0 Å². The highest BCUT2D eigenvalue weighted by Crippen LogP contribution is 2.26. The summed E-state index contributed by atoms with van der Waals surface area (Å²) in [5.74, 6) is -2.29. The van der Waals surface area contributed by atoms with Gasteiger partial charge in [-0.3, -0.25) is 24.0 Å². The molecule has 5 amide bonds. The lowest BCUT2D eigenvalue weighted by Crippen LogP contribution is -2.48. The van der Waals surface area contributed by atoms with E-state index in [1.54, 1.807) is 6.92 Å². The van der Waals surface area contributed by atoms with Crippen molar-refractivity contribution in [3.63, 3.8) is 0 Å². The van der Waals surface area contributed by atoms with Crippen LogP contribution in [0.3, 0.4) is 0 Å². The molecule has 0 saturated carbocycles. The molecule has 5 atom stereocenters. The Kier molecular flexibility index (Phi) is 10.6. The number of carbonyl (C=O) groups excluding carboxylic acids is 5. The number of hydrogen-bond donors (Lipinski definition) is 4. The summed E-state index contributed by atoms with van der Waals surface area (Å²) in [6, 6.07) is 5.38. The first-order chi connectivity index (χ1) is 24.0. The van der Waals surface area contributed by atoms with Gasteiger partial charge < -0.3 is 39.7 Å². The third kappa shape index (κ3) is 8.04. The molecule has 15 heteroatoms. The molecule has 3 aliphatic heterocycles. The van der Waals surface area contributed by atoms with Gasteiger partial charge in [-0.25, -0.2) is 9.97 Å². The molecule has 15 nitrogen and oxygen atoms in total. The molecule has 6 rings (SSSR count). The zero-order valence-corrected chi connectivity index (χ0v) is 28.3. The minimum absolute atomic E-state index is 0.0540. The first-order valence-electron chi connectivity index (χ1n) is 17.1. The van der Waals surface area contributed by atoms with Crippen molar-refractivity contribution in [1.29, 1.82) is 0 Å². The Morgan fingerprint density at radius 1 is 0.920 bits per heavy atom. The van der Waals surface area contributed by atoms with E-state index >= 15 is 0 Å². The van der Waals surface area contributed by atoms with Crippen LogP contribution in [-0.4, -0.2) is 82.3 Å². The smallest absolute Gasteiger partial charge is 0.276 e. The number of ether oxygens (including phenoxy) is 1. The molecule has 0 radical (unpaired) electrons. The van der Waals surface area contributed by atoms with Crippen LogP contribution >= 0.6 is 0 Å². The number of rotatable bonds is 6. The van der Waals surface area contributed by atoms with Gasteiger partial charge >= 0.3 is 0 Å². The van der Waals surface area contributed by atoms with E-state index in [9.17, 15) is 24.0 Å². The molecule has 2 fully saturated rings. The number of nitrogens with one attached hydrogen (secondary N) is 4. The molecule has 4 bridgehead atoms. The van der Waals surface area contributed by atoms with Crippen molar-refractivity contribution < 1.29 is 37.5 Å². The predicted molar refractivity (Wildman–Crippen MR) is 176 cm³/mol. The Morgan fingerprint density at radius 2 is 1.62 bits per heavy atom. The summed E-state index contributed by atoms with van der Waals surface area (Å²) in [6.45, 7) is 6.56. The quantitative estimate of drug-likeness (QED) is 0.298. The van der Waals surface area contributed by atoms with Gasteiger partial charge in [-0.1, -0.05) is 44.2 Å². The fourth-order valence-corrected chi connectivity index (χ4v) is 6.60. The molecule has 4 N–H and O–H groups in total. The average Bonchev–Trinajstić information content (AvgIpc) is 3.88. The highest BCUT2D eigenvalue weighted by Gasteiger charge is 2.43. The maximum Gasteiger partial charge on any atom is 0.276 e. The molecular weight excluding hydrogens is 646 g/mol. The van der Waals surface area contributed by atoms with Crippen molar-refractivity contribution in [2.45, 2.75) is 83.1 Å². The fraction of sp³-hybridized carbons (Fsp3) is 0.514. The van der Waals surface area contributed by atoms with Crippen molar-refractivity contribution in [2.75, 3.05) is 19.8 Å². The Hall–Kier alpha value is -5.05. The normalized spacial score (nSPS) is 25.3. The number of amides is 5. The molecule has 2 saturated heterocycles. The summed E-state index contributed by atoms with van der Waals surface area (Å²) in [6.07, 6.45) is 4.32. The Labute approximate surface area is 289 Å².